The Hall–Kier alpha value is -1.15. The molecular formula is C9H7ClN2. The smallest absolute Gasteiger partial charge is 0.148 e. The number of aromatic nitrogens is 2. The van der Waals surface area contributed by atoms with Gasteiger partial charge in [-0.1, -0.05) is 17.7 Å². The SMILES string of the molecule is Cc1ccc2ncc(Cl)nc2c1. The summed E-state index contributed by atoms with van der Waals surface area (Å²) in [5, 5.41) is 0.438. The van der Waals surface area contributed by atoms with Crippen LogP contribution < -0.4 is 0 Å². The van der Waals surface area contributed by atoms with Gasteiger partial charge in [-0.25, -0.2) is 4.98 Å². The number of aryl methyl sites for hydroxylation is 1. The summed E-state index contributed by atoms with van der Waals surface area (Å²) in [5.74, 6) is 0. The monoisotopic (exact) mass is 178 g/mol. The van der Waals surface area contributed by atoms with Gasteiger partial charge in [-0.2, -0.15) is 0 Å². The molecule has 2 aromatic rings. The fourth-order valence-electron chi connectivity index (χ4n) is 1.10. The average Bonchev–Trinajstić information content (AvgIpc) is 2.03. The topological polar surface area (TPSA) is 25.8 Å². The number of rotatable bonds is 0. The van der Waals surface area contributed by atoms with E-state index >= 15 is 0 Å². The molecule has 1 heterocycles. The predicted octanol–water partition coefficient (Wildman–Crippen LogP) is 2.59. The van der Waals surface area contributed by atoms with E-state index in [0.717, 1.165) is 11.0 Å². The summed E-state index contributed by atoms with van der Waals surface area (Å²) in [6.07, 6.45) is 1.55. The van der Waals surface area contributed by atoms with Crippen LogP contribution in [0.5, 0.6) is 0 Å². The minimum absolute atomic E-state index is 0.438. The Balaban J connectivity index is 2.80. The van der Waals surface area contributed by atoms with E-state index in [-0.39, 0.29) is 0 Å². The van der Waals surface area contributed by atoms with E-state index in [4.69, 9.17) is 11.6 Å². The van der Waals surface area contributed by atoms with Gasteiger partial charge < -0.3 is 0 Å². The summed E-state index contributed by atoms with van der Waals surface area (Å²) in [7, 11) is 0. The normalized spacial score (nSPS) is 10.5. The van der Waals surface area contributed by atoms with Crippen molar-refractivity contribution < 1.29 is 0 Å². The molecule has 0 aliphatic rings. The number of halogens is 1. The van der Waals surface area contributed by atoms with E-state index in [1.165, 1.54) is 5.56 Å². The molecular weight excluding hydrogens is 172 g/mol. The van der Waals surface area contributed by atoms with E-state index in [1.807, 2.05) is 25.1 Å². The van der Waals surface area contributed by atoms with Crippen LogP contribution in [0.4, 0.5) is 0 Å². The Bertz CT molecular complexity index is 389. The summed E-state index contributed by atoms with van der Waals surface area (Å²) in [6, 6.07) is 5.91. The van der Waals surface area contributed by atoms with Crippen LogP contribution in [-0.4, -0.2) is 9.97 Å². The Morgan fingerprint density at radius 1 is 1.25 bits per heavy atom. The zero-order valence-electron chi connectivity index (χ0n) is 6.58. The Labute approximate surface area is 75.2 Å². The van der Waals surface area contributed by atoms with Gasteiger partial charge in [0.05, 0.1) is 17.2 Å². The van der Waals surface area contributed by atoms with Crippen molar-refractivity contribution in [1.29, 1.82) is 0 Å². The van der Waals surface area contributed by atoms with Crippen LogP contribution in [0.3, 0.4) is 0 Å². The Kier molecular flexibility index (Phi) is 1.70. The van der Waals surface area contributed by atoms with Crippen LogP contribution in [0.2, 0.25) is 5.15 Å². The first kappa shape index (κ1) is 7.50. The second kappa shape index (κ2) is 2.72. The third-order valence-electron chi connectivity index (χ3n) is 1.67. The molecule has 0 radical (unpaired) electrons. The summed E-state index contributed by atoms with van der Waals surface area (Å²) >= 11 is 5.70. The van der Waals surface area contributed by atoms with E-state index in [1.54, 1.807) is 6.20 Å². The summed E-state index contributed by atoms with van der Waals surface area (Å²) in [6.45, 7) is 2.02. The Morgan fingerprint density at radius 3 is 2.92 bits per heavy atom. The van der Waals surface area contributed by atoms with Gasteiger partial charge >= 0.3 is 0 Å². The first-order chi connectivity index (χ1) is 5.75. The molecule has 0 unspecified atom stereocenters. The summed E-state index contributed by atoms with van der Waals surface area (Å²) in [4.78, 5) is 8.27. The minimum atomic E-state index is 0.438. The van der Waals surface area contributed by atoms with Gasteiger partial charge in [-0.15, -0.1) is 0 Å². The van der Waals surface area contributed by atoms with Gasteiger partial charge in [0, 0.05) is 0 Å². The molecule has 12 heavy (non-hydrogen) atoms. The molecule has 2 rings (SSSR count). The lowest BCUT2D eigenvalue weighted by atomic mass is 10.2. The quantitative estimate of drug-likeness (QED) is 0.620. The molecule has 1 aromatic carbocycles. The molecule has 60 valence electrons. The fraction of sp³-hybridized carbons (Fsp3) is 0.111. The van der Waals surface area contributed by atoms with Crippen molar-refractivity contribution >= 4 is 22.6 Å². The third kappa shape index (κ3) is 1.25. The molecule has 0 fully saturated rings. The van der Waals surface area contributed by atoms with E-state index in [2.05, 4.69) is 9.97 Å². The molecule has 3 heteroatoms. The molecule has 0 atom stereocenters. The number of benzene rings is 1. The van der Waals surface area contributed by atoms with Gasteiger partial charge in [0.25, 0.3) is 0 Å². The van der Waals surface area contributed by atoms with E-state index in [9.17, 15) is 0 Å². The van der Waals surface area contributed by atoms with Crippen molar-refractivity contribution in [3.63, 3.8) is 0 Å². The maximum absolute atomic E-state index is 5.70. The third-order valence-corrected chi connectivity index (χ3v) is 1.85. The van der Waals surface area contributed by atoms with Crippen molar-refractivity contribution in [3.8, 4) is 0 Å². The van der Waals surface area contributed by atoms with Crippen LogP contribution in [0, 0.1) is 6.92 Å². The van der Waals surface area contributed by atoms with E-state index in [0.29, 0.717) is 5.15 Å². The highest BCUT2D eigenvalue weighted by Gasteiger charge is 1.96. The molecule has 0 spiro atoms. The number of nitrogens with zero attached hydrogens (tertiary/aromatic N) is 2. The molecule has 1 aromatic heterocycles. The highest BCUT2D eigenvalue weighted by molar-refractivity contribution is 6.29. The fourth-order valence-corrected chi connectivity index (χ4v) is 1.24. The van der Waals surface area contributed by atoms with Crippen molar-refractivity contribution in [3.05, 3.63) is 35.1 Å². The molecule has 0 saturated carbocycles. The van der Waals surface area contributed by atoms with Crippen LogP contribution in [0.15, 0.2) is 24.4 Å². The number of hydrogen-bond acceptors (Lipinski definition) is 2. The maximum atomic E-state index is 5.70. The summed E-state index contributed by atoms with van der Waals surface area (Å²) in [5.41, 5.74) is 2.89. The zero-order chi connectivity index (χ0) is 8.55. The standard InChI is InChI=1S/C9H7ClN2/c1-6-2-3-7-8(4-6)12-9(10)5-11-7/h2-5H,1H3. The van der Waals surface area contributed by atoms with Crippen molar-refractivity contribution in [2.45, 2.75) is 6.92 Å². The number of hydrogen-bond donors (Lipinski definition) is 0. The Morgan fingerprint density at radius 2 is 2.08 bits per heavy atom. The zero-order valence-corrected chi connectivity index (χ0v) is 7.34. The second-order valence-electron chi connectivity index (χ2n) is 2.68. The molecule has 0 aliphatic carbocycles. The van der Waals surface area contributed by atoms with Gasteiger partial charge in [-0.3, -0.25) is 4.98 Å². The lowest BCUT2D eigenvalue weighted by Gasteiger charge is -1.97. The largest absolute Gasteiger partial charge is 0.251 e. The van der Waals surface area contributed by atoms with Crippen LogP contribution in [-0.2, 0) is 0 Å². The lowest BCUT2D eigenvalue weighted by molar-refractivity contribution is 1.28. The number of fused-ring (bicyclic) bond motifs is 1. The first-order valence-electron chi connectivity index (χ1n) is 3.64. The first-order valence-corrected chi connectivity index (χ1v) is 4.02. The predicted molar refractivity (Wildman–Crippen MR) is 49.3 cm³/mol. The molecule has 2 nitrogen and oxygen atoms in total. The van der Waals surface area contributed by atoms with Gasteiger partial charge in [0.2, 0.25) is 0 Å². The molecule has 0 saturated heterocycles. The second-order valence-corrected chi connectivity index (χ2v) is 3.07. The van der Waals surface area contributed by atoms with Crippen LogP contribution >= 0.6 is 11.6 Å². The molecule has 0 bridgehead atoms. The summed E-state index contributed by atoms with van der Waals surface area (Å²) < 4.78 is 0. The maximum Gasteiger partial charge on any atom is 0.148 e. The van der Waals surface area contributed by atoms with Crippen LogP contribution in [0.25, 0.3) is 11.0 Å². The van der Waals surface area contributed by atoms with Crippen molar-refractivity contribution in [2.24, 2.45) is 0 Å². The minimum Gasteiger partial charge on any atom is -0.251 e. The van der Waals surface area contributed by atoms with Gasteiger partial charge in [-0.05, 0) is 24.6 Å². The molecule has 0 aliphatic heterocycles. The van der Waals surface area contributed by atoms with E-state index < -0.39 is 0 Å². The highest BCUT2D eigenvalue weighted by Crippen LogP contribution is 2.13. The van der Waals surface area contributed by atoms with Gasteiger partial charge in [0.1, 0.15) is 5.15 Å². The molecule has 0 amide bonds. The lowest BCUT2D eigenvalue weighted by Crippen LogP contribution is -1.84. The van der Waals surface area contributed by atoms with Gasteiger partial charge in [0.15, 0.2) is 0 Å². The molecule has 0 N–H and O–H groups in total. The highest BCUT2D eigenvalue weighted by atomic mass is 35.5. The van der Waals surface area contributed by atoms with Crippen molar-refractivity contribution in [2.75, 3.05) is 0 Å². The van der Waals surface area contributed by atoms with Crippen molar-refractivity contribution in [1.82, 2.24) is 9.97 Å². The average molecular weight is 179 g/mol. The van der Waals surface area contributed by atoms with Crippen LogP contribution in [0.1, 0.15) is 5.56 Å².